The first kappa shape index (κ1) is 27.9. The number of alkyl halides is 3. The highest BCUT2D eigenvalue weighted by Gasteiger charge is 2.60. The van der Waals surface area contributed by atoms with Crippen molar-refractivity contribution in [1.29, 1.82) is 0 Å². The van der Waals surface area contributed by atoms with E-state index in [0.717, 1.165) is 31.4 Å². The first-order valence-corrected chi connectivity index (χ1v) is 13.1. The molecule has 2 aliphatic rings. The summed E-state index contributed by atoms with van der Waals surface area (Å²) in [5.74, 6) is -2.66. The third-order valence-corrected chi connectivity index (χ3v) is 7.72. The maximum absolute atomic E-state index is 14.1. The highest BCUT2D eigenvalue weighted by molar-refractivity contribution is 5.87. The molecular weight excluding hydrogens is 497 g/mol. The molecule has 2 fully saturated rings. The van der Waals surface area contributed by atoms with Crippen LogP contribution >= 0.6 is 0 Å². The van der Waals surface area contributed by atoms with Crippen LogP contribution in [0.3, 0.4) is 0 Å². The minimum absolute atomic E-state index is 0.126. The molecule has 206 valence electrons. The number of aliphatic carboxylic acids is 1. The minimum atomic E-state index is -4.60. The molecule has 1 aliphatic carbocycles. The molecule has 2 heterocycles. The van der Waals surface area contributed by atoms with Crippen LogP contribution in [-0.4, -0.2) is 39.0 Å². The topological polar surface area (TPSA) is 79.7 Å². The fourth-order valence-electron chi connectivity index (χ4n) is 6.09. The summed E-state index contributed by atoms with van der Waals surface area (Å²) < 4.78 is 47.1. The fourth-order valence-corrected chi connectivity index (χ4v) is 6.09. The van der Waals surface area contributed by atoms with Crippen LogP contribution in [0.5, 0.6) is 5.88 Å². The van der Waals surface area contributed by atoms with Gasteiger partial charge in [0.05, 0.1) is 11.6 Å². The Bertz CT molecular complexity index is 1160. The number of aryl methyl sites for hydroxylation is 1. The Morgan fingerprint density at radius 1 is 1.03 bits per heavy atom. The van der Waals surface area contributed by atoms with Crippen LogP contribution in [0.4, 0.5) is 13.2 Å². The number of aromatic nitrogens is 1. The van der Waals surface area contributed by atoms with Gasteiger partial charge in [0, 0.05) is 23.6 Å². The second kappa shape index (κ2) is 10.6. The van der Waals surface area contributed by atoms with Gasteiger partial charge in [0.2, 0.25) is 11.8 Å². The standard InChI is InChI=1S/C29H35F3N2O4/c1-17-15-20(29(30,31)32)16-21(33-17)38-25-22(28(2,3)4)24(27(36)37)34(23(25)18-11-7-5-8-12-18)26(35)19-13-9-6-10-14-19/h5,7-8,11-12,15-16,19,22-25H,6,9-10,13-14H2,1-4H3,(H,36,37)/t22-,23+,24+,25?/m0/s1. The van der Waals surface area contributed by atoms with Crippen LogP contribution < -0.4 is 4.74 Å². The van der Waals surface area contributed by atoms with Gasteiger partial charge >= 0.3 is 12.1 Å². The zero-order valence-electron chi connectivity index (χ0n) is 22.2. The Morgan fingerprint density at radius 3 is 2.21 bits per heavy atom. The molecule has 1 aromatic carbocycles. The number of carboxylic acids is 1. The van der Waals surface area contributed by atoms with Crippen molar-refractivity contribution in [3.8, 4) is 5.88 Å². The number of amides is 1. The van der Waals surface area contributed by atoms with Crippen LogP contribution in [0.2, 0.25) is 0 Å². The summed E-state index contributed by atoms with van der Waals surface area (Å²) in [7, 11) is 0. The molecule has 1 saturated heterocycles. The van der Waals surface area contributed by atoms with Crippen LogP contribution in [-0.2, 0) is 15.8 Å². The molecule has 0 radical (unpaired) electrons. The van der Waals surface area contributed by atoms with Crippen LogP contribution in [0.1, 0.15) is 75.7 Å². The highest BCUT2D eigenvalue weighted by Crippen LogP contribution is 2.50. The molecule has 1 unspecified atom stereocenters. The average molecular weight is 533 g/mol. The zero-order valence-corrected chi connectivity index (χ0v) is 22.2. The Hall–Kier alpha value is -3.10. The number of ether oxygens (including phenoxy) is 1. The summed E-state index contributed by atoms with van der Waals surface area (Å²) in [5, 5.41) is 10.5. The molecule has 0 spiro atoms. The number of pyridine rings is 1. The SMILES string of the molecule is Cc1cc(C(F)(F)F)cc(OC2[C@@H](c3ccccc3)N(C(=O)C3CCCCC3)[C@@H](C(=O)O)[C@@H]2C(C)(C)C)n1. The van der Waals surface area contributed by atoms with E-state index in [4.69, 9.17) is 4.74 Å². The maximum Gasteiger partial charge on any atom is 0.416 e. The zero-order chi connectivity index (χ0) is 27.8. The lowest BCUT2D eigenvalue weighted by molar-refractivity contribution is -0.154. The molecule has 1 saturated carbocycles. The van der Waals surface area contributed by atoms with Crippen molar-refractivity contribution in [3.63, 3.8) is 0 Å². The number of hydrogen-bond donors (Lipinski definition) is 1. The number of hydrogen-bond acceptors (Lipinski definition) is 4. The number of nitrogens with zero attached hydrogens (tertiary/aromatic N) is 2. The van der Waals surface area contributed by atoms with E-state index in [2.05, 4.69) is 4.98 Å². The fraction of sp³-hybridized carbons (Fsp3) is 0.552. The number of benzene rings is 1. The number of carboxylic acid groups (broad SMARTS) is 1. The van der Waals surface area contributed by atoms with Crippen molar-refractivity contribution >= 4 is 11.9 Å². The number of carbonyl (C=O) groups is 2. The number of rotatable bonds is 5. The van der Waals surface area contributed by atoms with E-state index in [1.165, 1.54) is 11.8 Å². The third kappa shape index (κ3) is 5.66. The van der Waals surface area contributed by atoms with Gasteiger partial charge in [-0.05, 0) is 36.8 Å². The predicted molar refractivity (Wildman–Crippen MR) is 135 cm³/mol. The second-order valence-corrected chi connectivity index (χ2v) is 11.5. The van der Waals surface area contributed by atoms with E-state index >= 15 is 0 Å². The average Bonchev–Trinajstić information content (AvgIpc) is 3.19. The van der Waals surface area contributed by atoms with Crippen molar-refractivity contribution in [2.24, 2.45) is 17.3 Å². The second-order valence-electron chi connectivity index (χ2n) is 11.5. The van der Waals surface area contributed by atoms with E-state index in [1.807, 2.05) is 26.8 Å². The van der Waals surface area contributed by atoms with Gasteiger partial charge in [-0.15, -0.1) is 0 Å². The molecule has 38 heavy (non-hydrogen) atoms. The molecule has 2 aromatic rings. The van der Waals surface area contributed by atoms with Crippen molar-refractivity contribution < 1.29 is 32.6 Å². The summed E-state index contributed by atoms with van der Waals surface area (Å²) in [6.45, 7) is 7.05. The Morgan fingerprint density at radius 2 is 1.66 bits per heavy atom. The van der Waals surface area contributed by atoms with Crippen molar-refractivity contribution in [1.82, 2.24) is 9.88 Å². The normalized spacial score (nSPS) is 24.9. The first-order valence-electron chi connectivity index (χ1n) is 13.1. The van der Waals surface area contributed by atoms with Gasteiger partial charge in [0.15, 0.2) is 0 Å². The number of carbonyl (C=O) groups excluding carboxylic acids is 1. The Balaban J connectivity index is 1.88. The molecule has 1 N–H and O–H groups in total. The van der Waals surface area contributed by atoms with Gasteiger partial charge in [0.1, 0.15) is 12.1 Å². The number of likely N-dealkylation sites (tertiary alicyclic amines) is 1. The summed E-state index contributed by atoms with van der Waals surface area (Å²) in [6, 6.07) is 8.76. The summed E-state index contributed by atoms with van der Waals surface area (Å²) in [5.41, 5.74) is -0.768. The largest absolute Gasteiger partial charge is 0.480 e. The van der Waals surface area contributed by atoms with Gasteiger partial charge in [-0.3, -0.25) is 4.79 Å². The van der Waals surface area contributed by atoms with E-state index in [0.29, 0.717) is 18.4 Å². The Labute approximate surface area is 221 Å². The lowest BCUT2D eigenvalue weighted by atomic mass is 9.73. The van der Waals surface area contributed by atoms with Crippen LogP contribution in [0.15, 0.2) is 42.5 Å². The molecule has 4 rings (SSSR count). The lowest BCUT2D eigenvalue weighted by Crippen LogP contribution is -2.49. The third-order valence-electron chi connectivity index (χ3n) is 7.72. The summed E-state index contributed by atoms with van der Waals surface area (Å²) >= 11 is 0. The van der Waals surface area contributed by atoms with Gasteiger partial charge < -0.3 is 14.7 Å². The monoisotopic (exact) mass is 532 g/mol. The van der Waals surface area contributed by atoms with E-state index in [1.54, 1.807) is 24.3 Å². The molecule has 4 atom stereocenters. The smallest absolute Gasteiger partial charge is 0.416 e. The molecule has 1 aromatic heterocycles. The quantitative estimate of drug-likeness (QED) is 0.480. The first-order chi connectivity index (χ1) is 17.8. The molecule has 1 amide bonds. The summed E-state index contributed by atoms with van der Waals surface area (Å²) in [6.07, 6.45) is -1.35. The van der Waals surface area contributed by atoms with Gasteiger partial charge in [-0.1, -0.05) is 70.4 Å². The minimum Gasteiger partial charge on any atom is -0.480 e. The van der Waals surface area contributed by atoms with Crippen LogP contribution in [0, 0.1) is 24.2 Å². The lowest BCUT2D eigenvalue weighted by Gasteiger charge is -2.35. The van der Waals surface area contributed by atoms with Gasteiger partial charge in [-0.2, -0.15) is 13.2 Å². The van der Waals surface area contributed by atoms with Gasteiger partial charge in [0.25, 0.3) is 0 Å². The van der Waals surface area contributed by atoms with Crippen molar-refractivity contribution in [2.45, 2.75) is 84.2 Å². The molecule has 9 heteroatoms. The van der Waals surface area contributed by atoms with Gasteiger partial charge in [-0.25, -0.2) is 9.78 Å². The van der Waals surface area contributed by atoms with Crippen molar-refractivity contribution in [2.75, 3.05) is 0 Å². The molecule has 6 nitrogen and oxygen atoms in total. The molecular formula is C29H35F3N2O4. The maximum atomic E-state index is 14.1. The van der Waals surface area contributed by atoms with Crippen molar-refractivity contribution in [3.05, 3.63) is 59.3 Å². The summed E-state index contributed by atoms with van der Waals surface area (Å²) in [4.78, 5) is 32.6. The molecule has 0 bridgehead atoms. The van der Waals surface area contributed by atoms with E-state index in [9.17, 15) is 27.9 Å². The highest BCUT2D eigenvalue weighted by atomic mass is 19.4. The predicted octanol–water partition coefficient (Wildman–Crippen LogP) is 6.44. The van der Waals surface area contributed by atoms with E-state index in [-0.39, 0.29) is 23.4 Å². The number of halogens is 3. The molecule has 1 aliphatic heterocycles. The van der Waals surface area contributed by atoms with E-state index < -0.39 is 47.2 Å². The Kier molecular flexibility index (Phi) is 7.77. The van der Waals surface area contributed by atoms with Crippen LogP contribution in [0.25, 0.3) is 0 Å².